The number of carbonyl (C=O) groups is 1. The van der Waals surface area contributed by atoms with Crippen molar-refractivity contribution in [2.75, 3.05) is 5.75 Å². The van der Waals surface area contributed by atoms with Crippen molar-refractivity contribution in [3.8, 4) is 11.1 Å². The van der Waals surface area contributed by atoms with Gasteiger partial charge in [0.15, 0.2) is 14.5 Å². The number of Topliss-reactive ketones (excluding diaryl/α,β-unsaturated/α-hetero) is 1. The molecule has 0 N–H and O–H groups in total. The van der Waals surface area contributed by atoms with Crippen LogP contribution in [0.3, 0.4) is 0 Å². The first-order valence-electron chi connectivity index (χ1n) is 13.5. The summed E-state index contributed by atoms with van der Waals surface area (Å²) in [6.07, 6.45) is 2.47. The van der Waals surface area contributed by atoms with E-state index in [1.165, 1.54) is 74.5 Å². The minimum absolute atomic E-state index is 0.00842. The quantitative estimate of drug-likeness (QED) is 0.0501. The van der Waals surface area contributed by atoms with Crippen LogP contribution in [0.4, 0.5) is 11.4 Å². The number of benzene rings is 4. The first kappa shape index (κ1) is 28.5. The molecule has 0 radical (unpaired) electrons. The van der Waals surface area contributed by atoms with Gasteiger partial charge in [0.2, 0.25) is 0 Å². The van der Waals surface area contributed by atoms with Crippen LogP contribution >= 0.6 is 46.2 Å². The minimum atomic E-state index is -0.399. The second-order valence-corrected chi connectivity index (χ2v) is 14.7. The lowest BCUT2D eigenvalue weighted by Crippen LogP contribution is -2.03. The number of nitro groups is 1. The summed E-state index contributed by atoms with van der Waals surface area (Å²) in [5.74, 6) is 0.387. The minimum Gasteiger partial charge on any atom is -0.293 e. The highest BCUT2D eigenvalue weighted by Gasteiger charge is 2.20. The van der Waals surface area contributed by atoms with E-state index in [1.54, 1.807) is 18.3 Å². The van der Waals surface area contributed by atoms with Gasteiger partial charge in [0, 0.05) is 17.8 Å². The van der Waals surface area contributed by atoms with Crippen LogP contribution in [0.2, 0.25) is 0 Å². The van der Waals surface area contributed by atoms with Gasteiger partial charge in [-0.3, -0.25) is 19.9 Å². The molecule has 7 rings (SSSR count). The Labute approximate surface area is 268 Å². The summed E-state index contributed by atoms with van der Waals surface area (Å²) < 4.78 is 2.42. The van der Waals surface area contributed by atoms with Crippen LogP contribution in [-0.2, 0) is 6.42 Å². The molecular formula is C32H21N5O3S4. The fourth-order valence-electron chi connectivity index (χ4n) is 4.97. The van der Waals surface area contributed by atoms with E-state index in [-0.39, 0.29) is 11.5 Å². The van der Waals surface area contributed by atoms with Gasteiger partial charge in [-0.2, -0.15) is 0 Å². The zero-order valence-corrected chi connectivity index (χ0v) is 26.4. The average Bonchev–Trinajstić information content (AvgIpc) is 3.74. The molecule has 0 atom stereocenters. The van der Waals surface area contributed by atoms with Gasteiger partial charge in [0.1, 0.15) is 5.01 Å². The molecule has 0 spiro atoms. The van der Waals surface area contributed by atoms with Gasteiger partial charge < -0.3 is 0 Å². The van der Waals surface area contributed by atoms with Gasteiger partial charge in [-0.1, -0.05) is 77.3 Å². The third-order valence-corrected chi connectivity index (χ3v) is 11.2. The van der Waals surface area contributed by atoms with Crippen LogP contribution in [0.15, 0.2) is 97.4 Å². The van der Waals surface area contributed by atoms with E-state index in [2.05, 4.69) is 39.5 Å². The van der Waals surface area contributed by atoms with Crippen molar-refractivity contribution in [1.29, 1.82) is 0 Å². The Morgan fingerprint density at radius 1 is 0.977 bits per heavy atom. The molecule has 0 fully saturated rings. The highest BCUT2D eigenvalue weighted by atomic mass is 32.2. The van der Waals surface area contributed by atoms with Crippen molar-refractivity contribution >= 4 is 79.8 Å². The topological polar surface area (TPSA) is 111 Å². The summed E-state index contributed by atoms with van der Waals surface area (Å²) in [4.78, 5) is 34.1. The van der Waals surface area contributed by atoms with Crippen molar-refractivity contribution in [1.82, 2.24) is 15.2 Å². The van der Waals surface area contributed by atoms with Crippen LogP contribution in [0.1, 0.15) is 32.1 Å². The summed E-state index contributed by atoms with van der Waals surface area (Å²) in [6.45, 7) is 1.84. The standard InChI is InChI=1S/C32H21N5O3S4/c1-18-35-36-32(42-18)43-29-11-6-19(12-27(29)37(39)40)16-33-23-8-10-26-30(15-23)44-31(34-26)41-17-28(38)21-7-9-25-22(14-21)13-20-4-2-3-5-24(20)25/h2-12,14-16H,13,17H2,1H3. The Balaban J connectivity index is 1.02. The number of aliphatic imine (C=N–C) groups is 1. The van der Waals surface area contributed by atoms with E-state index in [4.69, 9.17) is 4.98 Å². The number of nitrogens with zero attached hydrogens (tertiary/aromatic N) is 5. The summed E-state index contributed by atoms with van der Waals surface area (Å²) in [6, 6.07) is 25.1. The molecule has 12 heteroatoms. The van der Waals surface area contributed by atoms with E-state index in [0.29, 0.717) is 26.2 Å². The maximum Gasteiger partial charge on any atom is 0.283 e. The normalized spacial score (nSPS) is 12.1. The Morgan fingerprint density at radius 3 is 2.68 bits per heavy atom. The zero-order valence-electron chi connectivity index (χ0n) is 23.1. The number of aromatic nitrogens is 3. The number of fused-ring (bicyclic) bond motifs is 4. The second-order valence-electron chi connectivity index (χ2n) is 9.98. The molecule has 0 aliphatic heterocycles. The number of hydrogen-bond donors (Lipinski definition) is 0. The molecule has 0 saturated carbocycles. The first-order chi connectivity index (χ1) is 21.4. The molecular weight excluding hydrogens is 631 g/mol. The number of nitro benzene ring substituents is 1. The fourth-order valence-corrected chi connectivity index (χ4v) is 8.82. The maximum atomic E-state index is 13.0. The van der Waals surface area contributed by atoms with Crippen LogP contribution in [-0.4, -0.2) is 37.9 Å². The molecule has 0 bridgehead atoms. The Kier molecular flexibility index (Phi) is 7.81. The van der Waals surface area contributed by atoms with Crippen LogP contribution < -0.4 is 0 Å². The van der Waals surface area contributed by atoms with E-state index >= 15 is 0 Å². The number of thiazole rings is 1. The Morgan fingerprint density at radius 2 is 1.84 bits per heavy atom. The summed E-state index contributed by atoms with van der Waals surface area (Å²) in [5, 5.41) is 20.6. The Bertz CT molecular complexity index is 2120. The third-order valence-electron chi connectivity index (χ3n) is 7.04. The molecule has 8 nitrogen and oxygen atoms in total. The number of hydrogen-bond acceptors (Lipinski definition) is 11. The summed E-state index contributed by atoms with van der Waals surface area (Å²) in [7, 11) is 0. The molecule has 2 heterocycles. The van der Waals surface area contributed by atoms with E-state index < -0.39 is 4.92 Å². The number of aryl methyl sites for hydroxylation is 1. The molecule has 0 amide bonds. The fraction of sp³-hybridized carbons (Fsp3) is 0.0938. The van der Waals surface area contributed by atoms with Crippen LogP contribution in [0, 0.1) is 17.0 Å². The smallest absolute Gasteiger partial charge is 0.283 e. The molecule has 4 aromatic carbocycles. The highest BCUT2D eigenvalue weighted by molar-refractivity contribution is 8.01. The molecule has 6 aromatic rings. The largest absolute Gasteiger partial charge is 0.293 e. The lowest BCUT2D eigenvalue weighted by molar-refractivity contribution is -0.387. The number of rotatable bonds is 9. The molecule has 1 aliphatic carbocycles. The Hall–Kier alpha value is -4.23. The number of ketones is 1. The van der Waals surface area contributed by atoms with E-state index in [0.717, 1.165) is 31.5 Å². The van der Waals surface area contributed by atoms with Crippen molar-refractivity contribution < 1.29 is 9.72 Å². The summed E-state index contributed by atoms with van der Waals surface area (Å²) >= 11 is 5.57. The SMILES string of the molecule is Cc1nnc(Sc2ccc(C=Nc3ccc4nc(SCC(=O)c5ccc6c(c5)Cc5ccccc5-6)sc4c3)cc2[N+](=O)[O-])s1. The molecule has 2 aromatic heterocycles. The van der Waals surface area contributed by atoms with Crippen molar-refractivity contribution in [3.63, 3.8) is 0 Å². The molecule has 0 unspecified atom stereocenters. The summed E-state index contributed by atoms with van der Waals surface area (Å²) in [5.41, 5.74) is 7.84. The maximum absolute atomic E-state index is 13.0. The number of carbonyl (C=O) groups excluding carboxylic acids is 1. The van der Waals surface area contributed by atoms with E-state index in [9.17, 15) is 14.9 Å². The molecule has 1 aliphatic rings. The van der Waals surface area contributed by atoms with Crippen molar-refractivity contribution in [2.24, 2.45) is 4.99 Å². The zero-order chi connectivity index (χ0) is 30.2. The highest BCUT2D eigenvalue weighted by Crippen LogP contribution is 2.38. The van der Waals surface area contributed by atoms with Gasteiger partial charge in [0.25, 0.3) is 5.69 Å². The lowest BCUT2D eigenvalue weighted by atomic mass is 10.0. The monoisotopic (exact) mass is 651 g/mol. The van der Waals surface area contributed by atoms with Gasteiger partial charge >= 0.3 is 0 Å². The predicted molar refractivity (Wildman–Crippen MR) is 178 cm³/mol. The third kappa shape index (κ3) is 5.93. The van der Waals surface area contributed by atoms with Crippen molar-refractivity contribution in [2.45, 2.75) is 26.9 Å². The van der Waals surface area contributed by atoms with Gasteiger partial charge in [-0.15, -0.1) is 21.5 Å². The lowest BCUT2D eigenvalue weighted by Gasteiger charge is -2.04. The van der Waals surface area contributed by atoms with Crippen LogP contribution in [0.25, 0.3) is 21.3 Å². The number of thioether (sulfide) groups is 1. The van der Waals surface area contributed by atoms with Crippen LogP contribution in [0.5, 0.6) is 0 Å². The molecule has 44 heavy (non-hydrogen) atoms. The predicted octanol–water partition coefficient (Wildman–Crippen LogP) is 8.81. The van der Waals surface area contributed by atoms with Gasteiger partial charge in [-0.05, 0) is 71.5 Å². The van der Waals surface area contributed by atoms with Gasteiger partial charge in [-0.25, -0.2) is 4.98 Å². The average molecular weight is 652 g/mol. The van der Waals surface area contributed by atoms with Gasteiger partial charge in [0.05, 0.1) is 31.5 Å². The second kappa shape index (κ2) is 12.0. The molecule has 216 valence electrons. The van der Waals surface area contributed by atoms with Crippen molar-refractivity contribution in [3.05, 3.63) is 116 Å². The first-order valence-corrected chi connectivity index (χ1v) is 16.9. The van der Waals surface area contributed by atoms with E-state index in [1.807, 2.05) is 43.3 Å². The molecule has 0 saturated heterocycles.